The fourth-order valence-corrected chi connectivity index (χ4v) is 1.80. The second-order valence-electron chi connectivity index (χ2n) is 4.04. The van der Waals surface area contributed by atoms with Gasteiger partial charge in [-0.25, -0.2) is 14.2 Å². The topological polar surface area (TPSA) is 67.2 Å². The van der Waals surface area contributed by atoms with Crippen LogP contribution >= 0.6 is 0 Å². The minimum absolute atomic E-state index is 0.150. The van der Waals surface area contributed by atoms with E-state index in [1.54, 1.807) is 18.5 Å². The summed E-state index contributed by atoms with van der Waals surface area (Å²) in [6.07, 6.45) is 5.87. The molecule has 2 aromatic rings. The van der Waals surface area contributed by atoms with Crippen LogP contribution in [0, 0.1) is 0 Å². The largest absolute Gasteiger partial charge is 0.331 e. The van der Waals surface area contributed by atoms with E-state index in [4.69, 9.17) is 0 Å². The van der Waals surface area contributed by atoms with Crippen molar-refractivity contribution in [3.8, 4) is 0 Å². The van der Waals surface area contributed by atoms with Crippen LogP contribution in [0.15, 0.2) is 23.3 Å². The van der Waals surface area contributed by atoms with Gasteiger partial charge >= 0.3 is 5.69 Å². The monoisotopic (exact) mass is 233 g/mol. The molecular formula is C12H15N3O2. The minimum Gasteiger partial charge on any atom is -0.314 e. The van der Waals surface area contributed by atoms with Crippen molar-refractivity contribution in [3.63, 3.8) is 0 Å². The second-order valence-corrected chi connectivity index (χ2v) is 4.04. The highest BCUT2D eigenvalue weighted by Crippen LogP contribution is 2.06. The van der Waals surface area contributed by atoms with E-state index in [0.29, 0.717) is 17.8 Å². The quantitative estimate of drug-likeness (QED) is 0.847. The zero-order chi connectivity index (χ0) is 12.3. The number of imidazole rings is 1. The molecule has 0 atom stereocenters. The van der Waals surface area contributed by atoms with Crippen molar-refractivity contribution in [2.24, 2.45) is 0 Å². The molecule has 0 amide bonds. The number of nitrogens with one attached hydrogen (secondary N) is 1. The lowest BCUT2D eigenvalue weighted by Crippen LogP contribution is -2.18. The third-order valence-electron chi connectivity index (χ3n) is 2.69. The van der Waals surface area contributed by atoms with Gasteiger partial charge in [-0.3, -0.25) is 4.79 Å². The fraction of sp³-hybridized carbons (Fsp3) is 0.417. The van der Waals surface area contributed by atoms with Gasteiger partial charge in [0.25, 0.3) is 0 Å². The van der Waals surface area contributed by atoms with Crippen LogP contribution in [-0.4, -0.2) is 20.2 Å². The Morgan fingerprint density at radius 2 is 2.35 bits per heavy atom. The van der Waals surface area contributed by atoms with Gasteiger partial charge in [-0.15, -0.1) is 0 Å². The van der Waals surface area contributed by atoms with E-state index in [1.807, 2.05) is 6.92 Å². The van der Waals surface area contributed by atoms with Crippen LogP contribution in [0.4, 0.5) is 0 Å². The summed E-state index contributed by atoms with van der Waals surface area (Å²) in [5.74, 6) is 0.150. The summed E-state index contributed by atoms with van der Waals surface area (Å²) in [5, 5.41) is 0. The fourth-order valence-electron chi connectivity index (χ4n) is 1.80. The van der Waals surface area contributed by atoms with E-state index in [1.165, 1.54) is 4.40 Å². The van der Waals surface area contributed by atoms with Gasteiger partial charge in [0, 0.05) is 25.2 Å². The summed E-state index contributed by atoms with van der Waals surface area (Å²) in [5.41, 5.74) is 0.980. The van der Waals surface area contributed by atoms with Gasteiger partial charge in [-0.2, -0.15) is 0 Å². The number of carbonyl (C=O) groups excluding carboxylic acids is 1. The van der Waals surface area contributed by atoms with E-state index < -0.39 is 0 Å². The zero-order valence-electron chi connectivity index (χ0n) is 9.77. The standard InChI is InChI=1S/C12H15N3O2/c1-2-3-4-10(16)7-9-8-14-11-5-6-13-12(17)15(9)11/h5-6,8H,2-4,7H2,1H3,(H,13,17). The van der Waals surface area contributed by atoms with Crippen LogP contribution in [0.25, 0.3) is 5.65 Å². The van der Waals surface area contributed by atoms with Crippen molar-refractivity contribution in [1.29, 1.82) is 0 Å². The van der Waals surface area contributed by atoms with Crippen molar-refractivity contribution in [2.45, 2.75) is 32.6 Å². The van der Waals surface area contributed by atoms with Crippen LogP contribution in [0.5, 0.6) is 0 Å². The number of rotatable bonds is 5. The van der Waals surface area contributed by atoms with E-state index >= 15 is 0 Å². The number of carbonyl (C=O) groups is 1. The molecule has 90 valence electrons. The summed E-state index contributed by atoms with van der Waals surface area (Å²) in [7, 11) is 0. The van der Waals surface area contributed by atoms with Gasteiger partial charge in [-0.05, 0) is 12.5 Å². The molecule has 0 aliphatic rings. The van der Waals surface area contributed by atoms with Crippen LogP contribution in [0.2, 0.25) is 0 Å². The van der Waals surface area contributed by atoms with Crippen LogP contribution in [0.1, 0.15) is 31.9 Å². The third-order valence-corrected chi connectivity index (χ3v) is 2.69. The van der Waals surface area contributed by atoms with E-state index in [2.05, 4.69) is 9.97 Å². The summed E-state index contributed by atoms with van der Waals surface area (Å²) in [6, 6.07) is 1.71. The Bertz CT molecular complexity index is 583. The van der Waals surface area contributed by atoms with E-state index in [0.717, 1.165) is 12.8 Å². The van der Waals surface area contributed by atoms with Gasteiger partial charge in [-0.1, -0.05) is 13.3 Å². The van der Waals surface area contributed by atoms with Gasteiger partial charge in [0.2, 0.25) is 0 Å². The molecule has 2 heterocycles. The lowest BCUT2D eigenvalue weighted by Gasteiger charge is -2.00. The first-order valence-corrected chi connectivity index (χ1v) is 5.78. The molecule has 2 aromatic heterocycles. The predicted molar refractivity (Wildman–Crippen MR) is 64.0 cm³/mol. The SMILES string of the molecule is CCCCC(=O)Cc1cnc2cc[nH]c(=O)n12. The molecule has 2 rings (SSSR count). The predicted octanol–water partition coefficient (Wildman–Crippen LogP) is 1.32. The maximum atomic E-state index is 11.7. The highest BCUT2D eigenvalue weighted by atomic mass is 16.1. The maximum Gasteiger partial charge on any atom is 0.331 e. The smallest absolute Gasteiger partial charge is 0.314 e. The highest BCUT2D eigenvalue weighted by Gasteiger charge is 2.10. The Hall–Kier alpha value is -1.91. The number of ketones is 1. The summed E-state index contributed by atoms with van der Waals surface area (Å²) in [4.78, 5) is 30.0. The van der Waals surface area contributed by atoms with Gasteiger partial charge < -0.3 is 4.98 Å². The average Bonchev–Trinajstić information content (AvgIpc) is 2.71. The molecule has 5 nitrogen and oxygen atoms in total. The van der Waals surface area contributed by atoms with Crippen molar-refractivity contribution in [2.75, 3.05) is 0 Å². The van der Waals surface area contributed by atoms with E-state index in [-0.39, 0.29) is 17.9 Å². The van der Waals surface area contributed by atoms with Crippen molar-refractivity contribution in [3.05, 3.63) is 34.6 Å². The van der Waals surface area contributed by atoms with Crippen molar-refractivity contribution < 1.29 is 4.79 Å². The van der Waals surface area contributed by atoms with Crippen LogP contribution in [-0.2, 0) is 11.2 Å². The van der Waals surface area contributed by atoms with E-state index in [9.17, 15) is 9.59 Å². The summed E-state index contributed by atoms with van der Waals surface area (Å²) in [6.45, 7) is 2.05. The molecular weight excluding hydrogens is 218 g/mol. The van der Waals surface area contributed by atoms with Crippen molar-refractivity contribution in [1.82, 2.24) is 14.4 Å². The first kappa shape index (κ1) is 11.6. The van der Waals surface area contributed by atoms with Crippen LogP contribution in [0.3, 0.4) is 0 Å². The summed E-state index contributed by atoms with van der Waals surface area (Å²) >= 11 is 0. The molecule has 17 heavy (non-hydrogen) atoms. The molecule has 0 fully saturated rings. The third kappa shape index (κ3) is 2.43. The normalized spacial score (nSPS) is 10.9. The molecule has 0 saturated carbocycles. The number of nitrogens with zero attached hydrogens (tertiary/aromatic N) is 2. The maximum absolute atomic E-state index is 11.7. The minimum atomic E-state index is -0.252. The lowest BCUT2D eigenvalue weighted by molar-refractivity contribution is -0.118. The Balaban J connectivity index is 2.25. The molecule has 1 N–H and O–H groups in total. The Labute approximate surface area is 98.5 Å². The number of H-pyrrole nitrogens is 1. The molecule has 0 spiro atoms. The zero-order valence-corrected chi connectivity index (χ0v) is 9.77. The van der Waals surface area contributed by atoms with Gasteiger partial charge in [0.15, 0.2) is 0 Å². The first-order chi connectivity index (χ1) is 8.22. The highest BCUT2D eigenvalue weighted by molar-refractivity contribution is 5.80. The molecule has 0 radical (unpaired) electrons. The van der Waals surface area contributed by atoms with Crippen LogP contribution < -0.4 is 5.69 Å². The molecule has 0 saturated heterocycles. The number of hydrogen-bond acceptors (Lipinski definition) is 3. The molecule has 0 bridgehead atoms. The molecule has 0 unspecified atom stereocenters. The summed E-state index contributed by atoms with van der Waals surface area (Å²) < 4.78 is 1.45. The number of fused-ring (bicyclic) bond motifs is 1. The molecule has 0 aromatic carbocycles. The number of unbranched alkanes of at least 4 members (excludes halogenated alkanes) is 1. The number of aromatic nitrogens is 3. The number of Topliss-reactive ketones (excluding diaryl/α,β-unsaturated/α-hetero) is 1. The molecule has 5 heteroatoms. The molecule has 0 aliphatic heterocycles. The number of aromatic amines is 1. The van der Waals surface area contributed by atoms with Gasteiger partial charge in [0.05, 0.1) is 5.69 Å². The number of hydrogen-bond donors (Lipinski definition) is 1. The lowest BCUT2D eigenvalue weighted by atomic mass is 10.1. The Kier molecular flexibility index (Phi) is 3.37. The van der Waals surface area contributed by atoms with Crippen molar-refractivity contribution >= 4 is 11.4 Å². The first-order valence-electron chi connectivity index (χ1n) is 5.78. The van der Waals surface area contributed by atoms with Gasteiger partial charge in [0.1, 0.15) is 11.4 Å². The molecule has 0 aliphatic carbocycles. The second kappa shape index (κ2) is 4.95. The Morgan fingerprint density at radius 1 is 1.53 bits per heavy atom. The average molecular weight is 233 g/mol. The Morgan fingerprint density at radius 3 is 3.12 bits per heavy atom.